The van der Waals surface area contributed by atoms with Crippen molar-refractivity contribution in [1.29, 1.82) is 5.26 Å². The molecular formula is C13H16N2OS. The Morgan fingerprint density at radius 3 is 2.59 bits per heavy atom. The maximum Gasteiger partial charge on any atom is 0.262 e. The lowest BCUT2D eigenvalue weighted by Gasteiger charge is -2.21. The molecule has 2 rings (SSSR count). The molecule has 0 unspecified atom stereocenters. The second kappa shape index (κ2) is 4.50. The van der Waals surface area contributed by atoms with Crippen molar-refractivity contribution in [1.82, 2.24) is 5.32 Å². The minimum atomic E-state index is -0.622. The van der Waals surface area contributed by atoms with Crippen molar-refractivity contribution >= 4 is 17.2 Å². The zero-order chi connectivity index (χ0) is 12.5. The minimum Gasteiger partial charge on any atom is -0.333 e. The Morgan fingerprint density at radius 1 is 1.47 bits per heavy atom. The van der Waals surface area contributed by atoms with Gasteiger partial charge in [-0.3, -0.25) is 4.79 Å². The third kappa shape index (κ3) is 2.34. The van der Waals surface area contributed by atoms with Gasteiger partial charge in [0.25, 0.3) is 5.91 Å². The number of thiophene rings is 1. The van der Waals surface area contributed by atoms with Gasteiger partial charge in [-0.15, -0.1) is 11.3 Å². The molecule has 17 heavy (non-hydrogen) atoms. The Kier molecular flexibility index (Phi) is 3.21. The van der Waals surface area contributed by atoms with Crippen molar-refractivity contribution < 1.29 is 4.79 Å². The number of carbonyl (C=O) groups is 1. The number of hydrogen-bond donors (Lipinski definition) is 1. The Bertz CT molecular complexity index is 459. The van der Waals surface area contributed by atoms with E-state index in [4.69, 9.17) is 0 Å². The summed E-state index contributed by atoms with van der Waals surface area (Å²) in [5.41, 5.74) is 0.515. The zero-order valence-electron chi connectivity index (χ0n) is 10.2. The minimum absolute atomic E-state index is 0.102. The van der Waals surface area contributed by atoms with Gasteiger partial charge >= 0.3 is 0 Å². The molecule has 0 aromatic carbocycles. The highest BCUT2D eigenvalue weighted by Crippen LogP contribution is 2.30. The third-order valence-corrected chi connectivity index (χ3v) is 4.57. The standard InChI is InChI=1S/C13H16N2OS/c1-9-7-11(17-10(9)2)12(16)15-13(8-14)5-3-4-6-13/h7H,3-6H2,1-2H3,(H,15,16). The van der Waals surface area contributed by atoms with E-state index in [1.807, 2.05) is 19.9 Å². The molecule has 4 heteroatoms. The lowest BCUT2D eigenvalue weighted by Crippen LogP contribution is -2.44. The number of hydrogen-bond acceptors (Lipinski definition) is 3. The highest BCUT2D eigenvalue weighted by atomic mass is 32.1. The smallest absolute Gasteiger partial charge is 0.262 e. The average molecular weight is 248 g/mol. The Hall–Kier alpha value is -1.34. The topological polar surface area (TPSA) is 52.9 Å². The maximum absolute atomic E-state index is 12.1. The molecule has 1 saturated carbocycles. The number of amides is 1. The summed E-state index contributed by atoms with van der Waals surface area (Å²) >= 11 is 1.49. The van der Waals surface area contributed by atoms with E-state index in [1.54, 1.807) is 0 Å². The number of nitrogens with one attached hydrogen (secondary N) is 1. The molecule has 1 aromatic heterocycles. The van der Waals surface area contributed by atoms with Crippen LogP contribution in [-0.2, 0) is 0 Å². The van der Waals surface area contributed by atoms with Crippen LogP contribution < -0.4 is 5.32 Å². The normalized spacial score (nSPS) is 17.7. The molecule has 90 valence electrons. The van der Waals surface area contributed by atoms with Gasteiger partial charge in [-0.25, -0.2) is 0 Å². The van der Waals surface area contributed by atoms with Crippen LogP contribution in [0, 0.1) is 25.2 Å². The van der Waals surface area contributed by atoms with Crippen LogP contribution in [0.2, 0.25) is 0 Å². The van der Waals surface area contributed by atoms with Gasteiger partial charge in [-0.05, 0) is 51.2 Å². The van der Waals surface area contributed by atoms with Crippen LogP contribution in [0.4, 0.5) is 0 Å². The van der Waals surface area contributed by atoms with Gasteiger partial charge in [0.1, 0.15) is 5.54 Å². The van der Waals surface area contributed by atoms with E-state index < -0.39 is 5.54 Å². The molecule has 0 saturated heterocycles. The maximum atomic E-state index is 12.1. The van der Waals surface area contributed by atoms with E-state index in [9.17, 15) is 10.1 Å². The van der Waals surface area contributed by atoms with E-state index >= 15 is 0 Å². The van der Waals surface area contributed by atoms with E-state index in [2.05, 4.69) is 11.4 Å². The molecule has 1 aliphatic rings. The third-order valence-electron chi connectivity index (χ3n) is 3.41. The highest BCUT2D eigenvalue weighted by molar-refractivity contribution is 7.14. The molecular weight excluding hydrogens is 232 g/mol. The SMILES string of the molecule is Cc1cc(C(=O)NC2(C#N)CCCC2)sc1C. The van der Waals surface area contributed by atoms with Crippen molar-refractivity contribution in [2.24, 2.45) is 0 Å². The van der Waals surface area contributed by atoms with Gasteiger partial charge in [0.2, 0.25) is 0 Å². The Balaban J connectivity index is 2.14. The van der Waals surface area contributed by atoms with Crippen LogP contribution >= 0.6 is 11.3 Å². The van der Waals surface area contributed by atoms with Gasteiger partial charge in [0, 0.05) is 4.88 Å². The molecule has 0 bridgehead atoms. The quantitative estimate of drug-likeness (QED) is 0.874. The summed E-state index contributed by atoms with van der Waals surface area (Å²) in [4.78, 5) is 13.9. The van der Waals surface area contributed by atoms with Crippen molar-refractivity contribution in [2.45, 2.75) is 45.1 Å². The second-order valence-electron chi connectivity index (χ2n) is 4.70. The van der Waals surface area contributed by atoms with E-state index in [-0.39, 0.29) is 5.91 Å². The van der Waals surface area contributed by atoms with Crippen LogP contribution in [0.15, 0.2) is 6.07 Å². The van der Waals surface area contributed by atoms with Crippen LogP contribution in [0.1, 0.15) is 45.8 Å². The first kappa shape index (κ1) is 12.1. The van der Waals surface area contributed by atoms with Crippen LogP contribution in [-0.4, -0.2) is 11.4 Å². The zero-order valence-corrected chi connectivity index (χ0v) is 11.0. The van der Waals surface area contributed by atoms with Crippen LogP contribution in [0.3, 0.4) is 0 Å². The first-order valence-corrected chi connectivity index (χ1v) is 6.69. The van der Waals surface area contributed by atoms with Gasteiger partial charge < -0.3 is 5.32 Å². The summed E-state index contributed by atoms with van der Waals surface area (Å²) < 4.78 is 0. The molecule has 0 aliphatic heterocycles. The van der Waals surface area contributed by atoms with Crippen molar-refractivity contribution in [3.63, 3.8) is 0 Å². The van der Waals surface area contributed by atoms with Gasteiger partial charge in [-0.1, -0.05) is 0 Å². The van der Waals surface area contributed by atoms with E-state index in [0.717, 1.165) is 36.1 Å². The van der Waals surface area contributed by atoms with Gasteiger partial charge in [0.05, 0.1) is 10.9 Å². The van der Waals surface area contributed by atoms with Crippen molar-refractivity contribution in [2.75, 3.05) is 0 Å². The number of nitriles is 1. The van der Waals surface area contributed by atoms with Crippen molar-refractivity contribution in [3.05, 3.63) is 21.4 Å². The Labute approximate surface area is 105 Å². The van der Waals surface area contributed by atoms with Gasteiger partial charge in [0.15, 0.2) is 0 Å². The van der Waals surface area contributed by atoms with Gasteiger partial charge in [-0.2, -0.15) is 5.26 Å². The van der Waals surface area contributed by atoms with E-state index in [1.165, 1.54) is 11.3 Å². The predicted octanol–water partition coefficient (Wildman–Crippen LogP) is 2.93. The molecule has 1 heterocycles. The molecule has 1 aliphatic carbocycles. The van der Waals surface area contributed by atoms with Crippen LogP contribution in [0.25, 0.3) is 0 Å². The van der Waals surface area contributed by atoms with E-state index in [0.29, 0.717) is 4.88 Å². The summed E-state index contributed by atoms with van der Waals surface area (Å²) in [5.74, 6) is -0.102. The molecule has 1 aromatic rings. The highest BCUT2D eigenvalue weighted by Gasteiger charge is 2.35. The summed E-state index contributed by atoms with van der Waals surface area (Å²) in [6.07, 6.45) is 3.60. The number of aryl methyl sites for hydroxylation is 2. The average Bonchev–Trinajstić information content (AvgIpc) is 2.88. The first-order chi connectivity index (χ1) is 8.06. The number of nitrogens with zero attached hydrogens (tertiary/aromatic N) is 1. The lowest BCUT2D eigenvalue weighted by atomic mass is 10.00. The largest absolute Gasteiger partial charge is 0.333 e. The summed E-state index contributed by atoms with van der Waals surface area (Å²) in [5, 5.41) is 12.1. The predicted molar refractivity (Wildman–Crippen MR) is 68.1 cm³/mol. The molecule has 1 N–H and O–H groups in total. The Morgan fingerprint density at radius 2 is 2.12 bits per heavy atom. The number of rotatable bonds is 2. The molecule has 1 fully saturated rings. The summed E-state index contributed by atoms with van der Waals surface area (Å²) in [6.45, 7) is 4.00. The first-order valence-electron chi connectivity index (χ1n) is 5.87. The summed E-state index contributed by atoms with van der Waals surface area (Å²) in [7, 11) is 0. The molecule has 0 spiro atoms. The number of carbonyl (C=O) groups excluding carboxylic acids is 1. The second-order valence-corrected chi connectivity index (χ2v) is 5.96. The molecule has 0 radical (unpaired) electrons. The molecule has 0 atom stereocenters. The molecule has 1 amide bonds. The van der Waals surface area contributed by atoms with Crippen molar-refractivity contribution in [3.8, 4) is 6.07 Å². The molecule has 3 nitrogen and oxygen atoms in total. The summed E-state index contributed by atoms with van der Waals surface area (Å²) in [6, 6.07) is 4.17. The monoisotopic (exact) mass is 248 g/mol. The fourth-order valence-electron chi connectivity index (χ4n) is 2.21. The lowest BCUT2D eigenvalue weighted by molar-refractivity contribution is 0.0925. The van der Waals surface area contributed by atoms with Crippen LogP contribution in [0.5, 0.6) is 0 Å². The fraction of sp³-hybridized carbons (Fsp3) is 0.538. The fourth-order valence-corrected chi connectivity index (χ4v) is 3.14.